The first-order chi connectivity index (χ1) is 9.51. The number of hydrogen-bond donors (Lipinski definition) is 3. The lowest BCUT2D eigenvalue weighted by Crippen LogP contribution is -2.21. The molecule has 0 radical (unpaired) electrons. The number of hydrogen-bond acceptors (Lipinski definition) is 6. The van der Waals surface area contributed by atoms with Gasteiger partial charge in [0.15, 0.2) is 5.84 Å². The van der Waals surface area contributed by atoms with Crippen molar-refractivity contribution in [1.29, 1.82) is 10.7 Å². The van der Waals surface area contributed by atoms with E-state index in [9.17, 15) is 0 Å². The van der Waals surface area contributed by atoms with Crippen LogP contribution in [0.25, 0.3) is 10.2 Å². The Morgan fingerprint density at radius 3 is 2.90 bits per heavy atom. The Morgan fingerprint density at radius 1 is 1.55 bits per heavy atom. The summed E-state index contributed by atoms with van der Waals surface area (Å²) in [5.74, 6) is 0.0331. The number of nitrogens with one attached hydrogen (secondary N) is 2. The Kier molecular flexibility index (Phi) is 3.96. The number of nitrogens with two attached hydrogens (primary N) is 1. The fourth-order valence-corrected chi connectivity index (χ4v) is 2.53. The van der Waals surface area contributed by atoms with Crippen LogP contribution in [0.1, 0.15) is 24.8 Å². The molecule has 1 aromatic heterocycles. The molecule has 0 spiro atoms. The Hall–Kier alpha value is -2.46. The van der Waals surface area contributed by atoms with E-state index in [0.29, 0.717) is 5.92 Å². The molecule has 0 atom stereocenters. The Morgan fingerprint density at radius 2 is 2.30 bits per heavy atom. The van der Waals surface area contributed by atoms with E-state index in [-0.39, 0.29) is 11.5 Å². The standard InChI is InChI=1S/C13H14N6S/c1-7(2)13-17-9-4-3-8(5-11(9)20-13)18-19-10(6-14)12(15)16/h3-5,7,18H,1-2H3,(H3,15,16)/b19-10+. The van der Waals surface area contributed by atoms with Crippen LogP contribution < -0.4 is 11.2 Å². The number of amidine groups is 1. The number of hydrazone groups is 1. The lowest BCUT2D eigenvalue weighted by atomic mass is 10.2. The minimum absolute atomic E-state index is 0.141. The predicted molar refractivity (Wildman–Crippen MR) is 82.3 cm³/mol. The topological polar surface area (TPSA) is 111 Å². The molecule has 7 heteroatoms. The molecule has 1 aromatic carbocycles. The van der Waals surface area contributed by atoms with Crippen LogP contribution in [-0.4, -0.2) is 16.5 Å². The molecule has 102 valence electrons. The van der Waals surface area contributed by atoms with Crippen LogP contribution in [0.15, 0.2) is 23.3 Å². The van der Waals surface area contributed by atoms with Crippen LogP contribution >= 0.6 is 11.3 Å². The third-order valence-corrected chi connectivity index (χ3v) is 3.88. The van der Waals surface area contributed by atoms with Gasteiger partial charge in [0.1, 0.15) is 6.07 Å². The molecular formula is C13H14N6S. The molecule has 0 bridgehead atoms. The minimum atomic E-state index is -0.360. The Labute approximate surface area is 120 Å². The number of thiazole rings is 1. The van der Waals surface area contributed by atoms with Gasteiger partial charge in [0.2, 0.25) is 5.71 Å². The first-order valence-corrected chi connectivity index (χ1v) is 6.81. The van der Waals surface area contributed by atoms with E-state index in [0.717, 1.165) is 20.9 Å². The third kappa shape index (κ3) is 2.92. The van der Waals surface area contributed by atoms with Crippen molar-refractivity contribution in [2.24, 2.45) is 10.8 Å². The van der Waals surface area contributed by atoms with Crippen LogP contribution in [0.4, 0.5) is 5.69 Å². The summed E-state index contributed by atoms with van der Waals surface area (Å²) in [6.07, 6.45) is 0. The summed E-state index contributed by atoms with van der Waals surface area (Å²) in [6, 6.07) is 7.39. The van der Waals surface area contributed by atoms with Crippen LogP contribution in [-0.2, 0) is 0 Å². The molecule has 0 aliphatic carbocycles. The third-order valence-electron chi connectivity index (χ3n) is 2.56. The van der Waals surface area contributed by atoms with E-state index in [2.05, 4.69) is 29.4 Å². The summed E-state index contributed by atoms with van der Waals surface area (Å²) in [5.41, 5.74) is 9.48. The number of anilines is 1. The maximum Gasteiger partial charge on any atom is 0.201 e. The van der Waals surface area contributed by atoms with Gasteiger partial charge >= 0.3 is 0 Å². The van der Waals surface area contributed by atoms with E-state index in [1.54, 1.807) is 17.4 Å². The normalized spacial score (nSPS) is 11.6. The van der Waals surface area contributed by atoms with Crippen molar-refractivity contribution in [3.63, 3.8) is 0 Å². The molecule has 0 aliphatic rings. The van der Waals surface area contributed by atoms with Crippen molar-refractivity contribution >= 4 is 38.8 Å². The summed E-state index contributed by atoms with van der Waals surface area (Å²) in [4.78, 5) is 4.54. The molecule has 6 nitrogen and oxygen atoms in total. The second kappa shape index (κ2) is 5.67. The van der Waals surface area contributed by atoms with Gasteiger partial charge in [-0.25, -0.2) is 4.98 Å². The molecule has 4 N–H and O–H groups in total. The Bertz CT molecular complexity index is 722. The SMILES string of the molecule is CC(C)c1nc2ccc(N/N=C(\C#N)C(=N)N)cc2s1. The van der Waals surface area contributed by atoms with E-state index in [1.807, 2.05) is 18.2 Å². The van der Waals surface area contributed by atoms with Crippen LogP contribution in [0, 0.1) is 16.7 Å². The fourth-order valence-electron chi connectivity index (χ4n) is 1.52. The van der Waals surface area contributed by atoms with E-state index < -0.39 is 0 Å². The Balaban J connectivity index is 2.28. The number of aromatic nitrogens is 1. The summed E-state index contributed by atoms with van der Waals surface area (Å²) < 4.78 is 1.05. The van der Waals surface area contributed by atoms with Crippen molar-refractivity contribution in [3.8, 4) is 6.07 Å². The summed E-state index contributed by atoms with van der Waals surface area (Å²) in [6.45, 7) is 4.21. The highest BCUT2D eigenvalue weighted by Crippen LogP contribution is 2.29. The molecule has 0 saturated carbocycles. The average molecular weight is 286 g/mol. The van der Waals surface area contributed by atoms with Crippen LogP contribution in [0.5, 0.6) is 0 Å². The second-order valence-corrected chi connectivity index (χ2v) is 5.55. The van der Waals surface area contributed by atoms with Gasteiger partial charge in [0, 0.05) is 5.92 Å². The van der Waals surface area contributed by atoms with Crippen molar-refractivity contribution in [2.45, 2.75) is 19.8 Å². The number of nitriles is 1. The van der Waals surface area contributed by atoms with Crippen molar-refractivity contribution in [1.82, 2.24) is 4.98 Å². The van der Waals surface area contributed by atoms with Gasteiger partial charge < -0.3 is 5.73 Å². The molecule has 0 aliphatic heterocycles. The monoisotopic (exact) mass is 286 g/mol. The van der Waals surface area contributed by atoms with E-state index >= 15 is 0 Å². The average Bonchev–Trinajstić information content (AvgIpc) is 2.82. The first-order valence-electron chi connectivity index (χ1n) is 6.00. The molecule has 0 saturated heterocycles. The number of fused-ring (bicyclic) bond motifs is 1. The van der Waals surface area contributed by atoms with Crippen molar-refractivity contribution in [3.05, 3.63) is 23.2 Å². The van der Waals surface area contributed by atoms with Gasteiger partial charge in [-0.3, -0.25) is 10.8 Å². The molecule has 0 amide bonds. The molecule has 2 rings (SSSR count). The van der Waals surface area contributed by atoms with Crippen molar-refractivity contribution in [2.75, 3.05) is 5.43 Å². The first kappa shape index (κ1) is 14.0. The summed E-state index contributed by atoms with van der Waals surface area (Å²) in [7, 11) is 0. The molecule has 2 aromatic rings. The lowest BCUT2D eigenvalue weighted by Gasteiger charge is -2.00. The zero-order chi connectivity index (χ0) is 14.7. The van der Waals surface area contributed by atoms with Gasteiger partial charge in [-0.05, 0) is 18.2 Å². The molecule has 0 unspecified atom stereocenters. The quantitative estimate of drug-likeness (QED) is 0.455. The van der Waals surface area contributed by atoms with E-state index in [1.165, 1.54) is 0 Å². The zero-order valence-corrected chi connectivity index (χ0v) is 12.0. The van der Waals surface area contributed by atoms with Gasteiger partial charge in [-0.15, -0.1) is 11.3 Å². The largest absolute Gasteiger partial charge is 0.382 e. The van der Waals surface area contributed by atoms with Gasteiger partial charge in [-0.2, -0.15) is 10.4 Å². The number of rotatable bonds is 4. The lowest BCUT2D eigenvalue weighted by molar-refractivity contribution is 0.857. The van der Waals surface area contributed by atoms with E-state index in [4.69, 9.17) is 16.4 Å². The summed E-state index contributed by atoms with van der Waals surface area (Å²) in [5, 5.41) is 20.8. The maximum absolute atomic E-state index is 8.76. The number of nitrogens with zero attached hydrogens (tertiary/aromatic N) is 3. The molecule has 20 heavy (non-hydrogen) atoms. The molecule has 1 heterocycles. The van der Waals surface area contributed by atoms with Gasteiger partial charge in [-0.1, -0.05) is 13.8 Å². The molecular weight excluding hydrogens is 272 g/mol. The molecule has 0 fully saturated rings. The smallest absolute Gasteiger partial charge is 0.201 e. The van der Waals surface area contributed by atoms with Crippen molar-refractivity contribution < 1.29 is 0 Å². The highest BCUT2D eigenvalue weighted by Gasteiger charge is 2.08. The summed E-state index contributed by atoms with van der Waals surface area (Å²) >= 11 is 1.63. The fraction of sp³-hybridized carbons (Fsp3) is 0.231. The maximum atomic E-state index is 8.76. The minimum Gasteiger partial charge on any atom is -0.382 e. The highest BCUT2D eigenvalue weighted by atomic mass is 32.1. The van der Waals surface area contributed by atoms with Gasteiger partial charge in [0.05, 0.1) is 20.9 Å². The highest BCUT2D eigenvalue weighted by molar-refractivity contribution is 7.18. The number of benzene rings is 1. The zero-order valence-electron chi connectivity index (χ0n) is 11.1. The second-order valence-electron chi connectivity index (χ2n) is 4.49. The predicted octanol–water partition coefficient (Wildman–Crippen LogP) is 2.65. The van der Waals surface area contributed by atoms with Crippen LogP contribution in [0.3, 0.4) is 0 Å². The van der Waals surface area contributed by atoms with Gasteiger partial charge in [0.25, 0.3) is 0 Å². The van der Waals surface area contributed by atoms with Crippen LogP contribution in [0.2, 0.25) is 0 Å².